The first-order valence-corrected chi connectivity index (χ1v) is 15.3. The number of nitrogens with zero attached hydrogens (tertiary/aromatic N) is 2. The van der Waals surface area contributed by atoms with Crippen molar-refractivity contribution in [2.24, 2.45) is 10.5 Å². The highest BCUT2D eigenvalue weighted by Crippen LogP contribution is 2.40. The summed E-state index contributed by atoms with van der Waals surface area (Å²) in [4.78, 5) is 58.4. The number of nitrogens with one attached hydrogen (secondary N) is 4. The molecule has 0 saturated carbocycles. The van der Waals surface area contributed by atoms with Crippen molar-refractivity contribution < 1.29 is 23.9 Å². The Labute approximate surface area is 263 Å². The van der Waals surface area contributed by atoms with Gasteiger partial charge in [0.1, 0.15) is 16.6 Å². The van der Waals surface area contributed by atoms with Gasteiger partial charge in [-0.1, -0.05) is 48.5 Å². The molecule has 1 fully saturated rings. The molecule has 2 aliphatic rings. The van der Waals surface area contributed by atoms with Gasteiger partial charge in [-0.05, 0) is 58.2 Å². The molecular formula is C34H42N6O5. The maximum absolute atomic E-state index is 14.8. The molecule has 2 aromatic carbocycles. The fourth-order valence-electron chi connectivity index (χ4n) is 6.24. The molecule has 45 heavy (non-hydrogen) atoms. The molecule has 5 rings (SSSR count). The molecule has 3 amide bonds. The predicted octanol–water partition coefficient (Wildman–Crippen LogP) is 3.49. The largest absolute Gasteiger partial charge is 0.444 e. The summed E-state index contributed by atoms with van der Waals surface area (Å²) in [6.45, 7) is 8.75. The van der Waals surface area contributed by atoms with E-state index < -0.39 is 40.6 Å². The molecule has 1 saturated heterocycles. The lowest BCUT2D eigenvalue weighted by molar-refractivity contribution is -0.141. The molecular weight excluding hydrogens is 572 g/mol. The van der Waals surface area contributed by atoms with Crippen molar-refractivity contribution in [3.8, 4) is 0 Å². The van der Waals surface area contributed by atoms with Gasteiger partial charge in [-0.25, -0.2) is 9.80 Å². The maximum Gasteiger partial charge on any atom is 0.408 e. The number of aromatic nitrogens is 1. The molecule has 0 spiro atoms. The van der Waals surface area contributed by atoms with Gasteiger partial charge < -0.3 is 25.7 Å². The second-order valence-electron chi connectivity index (χ2n) is 13.4. The first-order chi connectivity index (χ1) is 21.2. The SMILES string of the molecule is CN1N=C2CCNC(C(=O)[C@@H](Cc3c[nH]c4ccccc34)NC(=O)C(C)(C)NC(=O)OC(C)(C)C)[C@@]2(Cc2ccccc2)C1=O. The molecule has 11 nitrogen and oxygen atoms in total. The van der Waals surface area contributed by atoms with E-state index in [1.54, 1.807) is 41.7 Å². The standard InChI is InChI=1S/C34H42N6O5/c1-32(2,3)45-31(44)38-33(4,5)29(42)37-25(18-22-20-36-24-15-11-10-14-23(22)24)27(41)28-34(19-21-12-8-7-9-13-21)26(16-17-35-28)39-40(6)30(34)43/h7-15,20,25,28,35-36H,16-19H2,1-6H3,(H,37,42)(H,38,44)/t25-,28?,34+/m1/s1. The molecule has 11 heteroatoms. The van der Waals surface area contributed by atoms with Crippen molar-refractivity contribution in [1.29, 1.82) is 0 Å². The van der Waals surface area contributed by atoms with E-state index >= 15 is 0 Å². The highest BCUT2D eigenvalue weighted by Gasteiger charge is 2.59. The van der Waals surface area contributed by atoms with Crippen LogP contribution >= 0.6 is 0 Å². The van der Waals surface area contributed by atoms with Gasteiger partial charge in [0, 0.05) is 43.5 Å². The zero-order valence-electron chi connectivity index (χ0n) is 26.7. The highest BCUT2D eigenvalue weighted by molar-refractivity contribution is 6.18. The predicted molar refractivity (Wildman–Crippen MR) is 172 cm³/mol. The molecule has 3 aromatic rings. The number of alkyl carbamates (subject to hydrolysis) is 1. The Bertz CT molecular complexity index is 1640. The van der Waals surface area contributed by atoms with Gasteiger partial charge in [0.25, 0.3) is 5.91 Å². The van der Waals surface area contributed by atoms with Crippen molar-refractivity contribution in [3.63, 3.8) is 0 Å². The van der Waals surface area contributed by atoms with Gasteiger partial charge in [-0.15, -0.1) is 0 Å². The molecule has 0 bridgehead atoms. The normalized spacial score (nSPS) is 20.8. The Hall–Kier alpha value is -4.51. The van der Waals surface area contributed by atoms with Crippen molar-refractivity contribution in [2.75, 3.05) is 13.6 Å². The summed E-state index contributed by atoms with van der Waals surface area (Å²) in [5.74, 6) is -1.17. The number of ketones is 1. The van der Waals surface area contributed by atoms with Crippen LogP contribution in [-0.2, 0) is 32.0 Å². The number of piperidine rings is 1. The van der Waals surface area contributed by atoms with Crippen molar-refractivity contribution in [3.05, 3.63) is 71.9 Å². The zero-order valence-corrected chi connectivity index (χ0v) is 26.7. The Morgan fingerprint density at radius 1 is 1.07 bits per heavy atom. The van der Waals surface area contributed by atoms with E-state index in [1.165, 1.54) is 5.01 Å². The van der Waals surface area contributed by atoms with Crippen LogP contribution in [0, 0.1) is 5.41 Å². The number of amides is 3. The van der Waals surface area contributed by atoms with Crippen LogP contribution in [0.5, 0.6) is 0 Å². The summed E-state index contributed by atoms with van der Waals surface area (Å²) in [5.41, 5.74) is -0.147. The lowest BCUT2D eigenvalue weighted by Crippen LogP contribution is -2.67. The second kappa shape index (κ2) is 12.1. The molecule has 0 radical (unpaired) electrons. The molecule has 0 aliphatic carbocycles. The van der Waals surface area contributed by atoms with Crippen LogP contribution in [0.1, 0.15) is 52.2 Å². The van der Waals surface area contributed by atoms with Crippen LogP contribution in [0.4, 0.5) is 4.79 Å². The third kappa shape index (κ3) is 6.49. The number of carbonyl (C=O) groups is 4. The van der Waals surface area contributed by atoms with E-state index in [-0.39, 0.29) is 24.5 Å². The number of para-hydroxylation sites is 1. The number of hydrazone groups is 1. The van der Waals surface area contributed by atoms with Gasteiger partial charge >= 0.3 is 6.09 Å². The smallest absolute Gasteiger partial charge is 0.408 e. The highest BCUT2D eigenvalue weighted by atomic mass is 16.6. The summed E-state index contributed by atoms with van der Waals surface area (Å²) in [6.07, 6.45) is 2.03. The molecule has 1 unspecified atom stereocenters. The minimum Gasteiger partial charge on any atom is -0.444 e. The van der Waals surface area contributed by atoms with Crippen LogP contribution in [-0.4, -0.2) is 76.2 Å². The topological polar surface area (TPSA) is 145 Å². The van der Waals surface area contributed by atoms with Crippen LogP contribution < -0.4 is 16.0 Å². The van der Waals surface area contributed by atoms with Crippen LogP contribution in [0.2, 0.25) is 0 Å². The summed E-state index contributed by atoms with van der Waals surface area (Å²) in [7, 11) is 1.61. The molecule has 4 N–H and O–H groups in total. The Morgan fingerprint density at radius 3 is 2.47 bits per heavy atom. The Balaban J connectivity index is 1.51. The number of fused-ring (bicyclic) bond motifs is 2. The number of Topliss-reactive ketones (excluding diaryl/α,β-unsaturated/α-hetero) is 1. The molecule has 3 atom stereocenters. The maximum atomic E-state index is 14.8. The number of benzene rings is 2. The van der Waals surface area contributed by atoms with Crippen LogP contribution in [0.15, 0.2) is 65.9 Å². The first-order valence-electron chi connectivity index (χ1n) is 15.3. The molecule has 2 aliphatic heterocycles. The summed E-state index contributed by atoms with van der Waals surface area (Å²) in [6, 6.07) is 15.3. The third-order valence-electron chi connectivity index (χ3n) is 8.40. The van der Waals surface area contributed by atoms with E-state index in [0.29, 0.717) is 18.7 Å². The zero-order chi connectivity index (χ0) is 32.6. The van der Waals surface area contributed by atoms with E-state index in [2.05, 4.69) is 26.0 Å². The number of ether oxygens (including phenoxy) is 1. The van der Waals surface area contributed by atoms with E-state index in [9.17, 15) is 19.2 Å². The van der Waals surface area contributed by atoms with Gasteiger partial charge in [-0.3, -0.25) is 14.4 Å². The number of carbonyl (C=O) groups excluding carboxylic acids is 4. The Kier molecular flexibility index (Phi) is 8.59. The Morgan fingerprint density at radius 2 is 1.76 bits per heavy atom. The molecule has 1 aromatic heterocycles. The fraction of sp³-hybridized carbons (Fsp3) is 0.441. The van der Waals surface area contributed by atoms with Gasteiger partial charge in [0.15, 0.2) is 5.78 Å². The van der Waals surface area contributed by atoms with Crippen molar-refractivity contribution in [1.82, 2.24) is 25.9 Å². The minimum atomic E-state index is -1.42. The fourth-order valence-corrected chi connectivity index (χ4v) is 6.24. The van der Waals surface area contributed by atoms with Crippen molar-refractivity contribution >= 4 is 40.3 Å². The first kappa shape index (κ1) is 31.9. The number of aromatic amines is 1. The average molecular weight is 615 g/mol. The monoisotopic (exact) mass is 614 g/mol. The number of H-pyrrole nitrogens is 1. The van der Waals surface area contributed by atoms with E-state index in [0.717, 1.165) is 22.0 Å². The van der Waals surface area contributed by atoms with Crippen LogP contribution in [0.3, 0.4) is 0 Å². The van der Waals surface area contributed by atoms with Crippen LogP contribution in [0.25, 0.3) is 10.9 Å². The van der Waals surface area contributed by atoms with Gasteiger partial charge in [0.2, 0.25) is 5.91 Å². The van der Waals surface area contributed by atoms with E-state index in [1.807, 2.05) is 60.8 Å². The lowest BCUT2D eigenvalue weighted by Gasteiger charge is -2.41. The summed E-state index contributed by atoms with van der Waals surface area (Å²) in [5, 5.41) is 15.7. The number of hydrogen-bond donors (Lipinski definition) is 4. The van der Waals surface area contributed by atoms with Gasteiger partial charge in [-0.2, -0.15) is 5.10 Å². The van der Waals surface area contributed by atoms with Gasteiger partial charge in [0.05, 0.1) is 17.8 Å². The molecule has 238 valence electrons. The summed E-state index contributed by atoms with van der Waals surface area (Å²) >= 11 is 0. The minimum absolute atomic E-state index is 0.160. The summed E-state index contributed by atoms with van der Waals surface area (Å²) < 4.78 is 5.38. The van der Waals surface area contributed by atoms with E-state index in [4.69, 9.17) is 4.74 Å². The molecule has 3 heterocycles. The van der Waals surface area contributed by atoms with Crippen molar-refractivity contribution in [2.45, 2.75) is 77.1 Å². The average Bonchev–Trinajstić information content (AvgIpc) is 3.49. The quantitative estimate of drug-likeness (QED) is 0.291. The lowest BCUT2D eigenvalue weighted by atomic mass is 9.66. The second-order valence-corrected chi connectivity index (χ2v) is 13.4. The number of rotatable bonds is 9. The third-order valence-corrected chi connectivity index (χ3v) is 8.40. The number of hydrogen-bond acceptors (Lipinski definition) is 7.